The van der Waals surface area contributed by atoms with E-state index in [-0.39, 0.29) is 12.3 Å². The van der Waals surface area contributed by atoms with Crippen LogP contribution in [-0.2, 0) is 16.1 Å². The second-order valence-electron chi connectivity index (χ2n) is 5.01. The summed E-state index contributed by atoms with van der Waals surface area (Å²) in [5.74, 6) is -0.533. The van der Waals surface area contributed by atoms with Gasteiger partial charge < -0.3 is 15.2 Å². The Kier molecular flexibility index (Phi) is 4.74. The van der Waals surface area contributed by atoms with Gasteiger partial charge in [-0.1, -0.05) is 0 Å². The van der Waals surface area contributed by atoms with Gasteiger partial charge in [0.25, 0.3) is 0 Å². The van der Waals surface area contributed by atoms with Gasteiger partial charge in [0.1, 0.15) is 11.8 Å². The minimum atomic E-state index is -0.989. The number of carbonyl (C=O) groups excluding carboxylic acids is 1. The first-order valence-corrected chi connectivity index (χ1v) is 6.74. The lowest BCUT2D eigenvalue weighted by Crippen LogP contribution is -2.55. The van der Waals surface area contributed by atoms with Crippen molar-refractivity contribution in [1.29, 1.82) is 0 Å². The van der Waals surface area contributed by atoms with Crippen molar-refractivity contribution in [3.63, 3.8) is 0 Å². The molecule has 1 unspecified atom stereocenters. The molecule has 7 heteroatoms. The number of amides is 1. The summed E-state index contributed by atoms with van der Waals surface area (Å²) in [7, 11) is 1.58. The highest BCUT2D eigenvalue weighted by atomic mass is 16.5. The average Bonchev–Trinajstić information content (AvgIpc) is 2.41. The smallest absolute Gasteiger partial charge is 0.305 e. The first kappa shape index (κ1) is 15.2. The molecule has 1 amide bonds. The van der Waals surface area contributed by atoms with Gasteiger partial charge in [-0.05, 0) is 6.92 Å². The molecule has 2 heterocycles. The zero-order chi connectivity index (χ0) is 15.4. The molecular formula is C14H19N3O4. The third-order valence-electron chi connectivity index (χ3n) is 3.39. The largest absolute Gasteiger partial charge is 0.497 e. The molecule has 1 aliphatic heterocycles. The number of methoxy groups -OCH3 is 1. The Balaban J connectivity index is 2.17. The molecular weight excluding hydrogens is 274 g/mol. The minimum absolute atomic E-state index is 0.214. The fraction of sp³-hybridized carbons (Fsp3) is 0.500. The van der Waals surface area contributed by atoms with Crippen LogP contribution in [0.3, 0.4) is 0 Å². The second-order valence-corrected chi connectivity index (χ2v) is 5.01. The van der Waals surface area contributed by atoms with Gasteiger partial charge in [0, 0.05) is 37.5 Å². The van der Waals surface area contributed by atoms with E-state index in [2.05, 4.69) is 10.3 Å². The Morgan fingerprint density at radius 2 is 2.33 bits per heavy atom. The van der Waals surface area contributed by atoms with Crippen LogP contribution in [0.1, 0.15) is 17.8 Å². The molecule has 21 heavy (non-hydrogen) atoms. The Hall–Kier alpha value is -2.15. The van der Waals surface area contributed by atoms with E-state index in [9.17, 15) is 9.59 Å². The van der Waals surface area contributed by atoms with Crippen molar-refractivity contribution in [2.75, 3.05) is 20.2 Å². The molecule has 0 saturated carbocycles. The summed E-state index contributed by atoms with van der Waals surface area (Å²) in [5.41, 5.74) is 1.58. The van der Waals surface area contributed by atoms with Crippen molar-refractivity contribution in [3.8, 4) is 5.75 Å². The molecule has 1 aliphatic rings. The molecule has 2 N–H and O–H groups in total. The van der Waals surface area contributed by atoms with E-state index in [0.717, 1.165) is 11.4 Å². The molecule has 1 saturated heterocycles. The number of rotatable bonds is 5. The molecule has 114 valence electrons. The van der Waals surface area contributed by atoms with Crippen molar-refractivity contribution in [3.05, 3.63) is 23.5 Å². The molecule has 0 aliphatic carbocycles. The van der Waals surface area contributed by atoms with Crippen molar-refractivity contribution < 1.29 is 19.4 Å². The number of pyridine rings is 1. The number of nitrogens with zero attached hydrogens (tertiary/aromatic N) is 2. The summed E-state index contributed by atoms with van der Waals surface area (Å²) in [6.45, 7) is 3.40. The SMILES string of the molecule is COc1cc(C)nc(CN2CCNC(=O)C2CC(=O)O)c1. The molecule has 0 spiro atoms. The average molecular weight is 293 g/mol. The Morgan fingerprint density at radius 1 is 1.57 bits per heavy atom. The maximum absolute atomic E-state index is 11.9. The van der Waals surface area contributed by atoms with E-state index in [4.69, 9.17) is 9.84 Å². The van der Waals surface area contributed by atoms with Crippen LogP contribution in [0.4, 0.5) is 0 Å². The lowest BCUT2D eigenvalue weighted by atomic mass is 10.1. The monoisotopic (exact) mass is 293 g/mol. The minimum Gasteiger partial charge on any atom is -0.497 e. The third-order valence-corrected chi connectivity index (χ3v) is 3.39. The highest BCUT2D eigenvalue weighted by Crippen LogP contribution is 2.17. The number of nitrogens with one attached hydrogen (secondary N) is 1. The number of carbonyl (C=O) groups is 2. The van der Waals surface area contributed by atoms with Crippen LogP contribution in [0.25, 0.3) is 0 Å². The number of aliphatic carboxylic acids is 1. The quantitative estimate of drug-likeness (QED) is 0.804. The summed E-state index contributed by atoms with van der Waals surface area (Å²) < 4.78 is 5.21. The Labute approximate surface area is 122 Å². The summed E-state index contributed by atoms with van der Waals surface area (Å²) in [6, 6.07) is 2.96. The molecule has 1 aromatic rings. The summed E-state index contributed by atoms with van der Waals surface area (Å²) in [4.78, 5) is 29.0. The van der Waals surface area contributed by atoms with Gasteiger partial charge in [0.05, 0.1) is 19.2 Å². The Bertz CT molecular complexity index is 547. The van der Waals surface area contributed by atoms with E-state index in [1.165, 1.54) is 0 Å². The maximum atomic E-state index is 11.9. The van der Waals surface area contributed by atoms with Gasteiger partial charge in [-0.2, -0.15) is 0 Å². The predicted octanol–water partition coefficient (Wildman–Crippen LogP) is 0.174. The molecule has 1 fully saturated rings. The highest BCUT2D eigenvalue weighted by molar-refractivity contribution is 5.86. The lowest BCUT2D eigenvalue weighted by Gasteiger charge is -2.33. The van der Waals surface area contributed by atoms with Crippen molar-refractivity contribution in [1.82, 2.24) is 15.2 Å². The molecule has 2 rings (SSSR count). The Morgan fingerprint density at radius 3 is 3.00 bits per heavy atom. The van der Waals surface area contributed by atoms with Gasteiger partial charge in [0.15, 0.2) is 0 Å². The number of ether oxygens (including phenoxy) is 1. The fourth-order valence-corrected chi connectivity index (χ4v) is 2.45. The van der Waals surface area contributed by atoms with E-state index < -0.39 is 12.0 Å². The topological polar surface area (TPSA) is 91.8 Å². The van der Waals surface area contributed by atoms with E-state index in [1.807, 2.05) is 17.9 Å². The second kappa shape index (κ2) is 6.53. The molecule has 0 radical (unpaired) electrons. The van der Waals surface area contributed by atoms with Crippen molar-refractivity contribution in [2.24, 2.45) is 0 Å². The normalized spacial score (nSPS) is 19.1. The number of hydrogen-bond acceptors (Lipinski definition) is 5. The number of carboxylic acids is 1. The number of piperazine rings is 1. The number of aromatic nitrogens is 1. The zero-order valence-electron chi connectivity index (χ0n) is 12.1. The van der Waals surface area contributed by atoms with Crippen LogP contribution in [0, 0.1) is 6.92 Å². The maximum Gasteiger partial charge on any atom is 0.305 e. The van der Waals surface area contributed by atoms with Crippen LogP contribution in [0.2, 0.25) is 0 Å². The van der Waals surface area contributed by atoms with Gasteiger partial charge in [-0.15, -0.1) is 0 Å². The third kappa shape index (κ3) is 3.91. The molecule has 1 atom stereocenters. The van der Waals surface area contributed by atoms with Gasteiger partial charge in [-0.25, -0.2) is 0 Å². The van der Waals surface area contributed by atoms with E-state index in [1.54, 1.807) is 13.2 Å². The zero-order valence-corrected chi connectivity index (χ0v) is 12.1. The first-order valence-electron chi connectivity index (χ1n) is 6.74. The van der Waals surface area contributed by atoms with E-state index >= 15 is 0 Å². The molecule has 0 bridgehead atoms. The summed E-state index contributed by atoms with van der Waals surface area (Å²) >= 11 is 0. The van der Waals surface area contributed by atoms with Gasteiger partial charge >= 0.3 is 5.97 Å². The molecule has 0 aromatic carbocycles. The first-order chi connectivity index (χ1) is 9.99. The van der Waals surface area contributed by atoms with Gasteiger partial charge in [-0.3, -0.25) is 19.5 Å². The van der Waals surface area contributed by atoms with Crippen LogP contribution in [-0.4, -0.2) is 53.1 Å². The number of carboxylic acid groups (broad SMARTS) is 1. The van der Waals surface area contributed by atoms with E-state index in [0.29, 0.717) is 25.4 Å². The summed E-state index contributed by atoms with van der Waals surface area (Å²) in [5, 5.41) is 11.6. The standard InChI is InChI=1S/C14H19N3O4/c1-9-5-11(21-2)6-10(16-9)8-17-4-3-15-14(20)12(17)7-13(18)19/h5-6,12H,3-4,7-8H2,1-2H3,(H,15,20)(H,18,19). The number of aryl methyl sites for hydroxylation is 1. The lowest BCUT2D eigenvalue weighted by molar-refractivity contribution is -0.143. The fourth-order valence-electron chi connectivity index (χ4n) is 2.45. The van der Waals surface area contributed by atoms with Crippen molar-refractivity contribution >= 4 is 11.9 Å². The van der Waals surface area contributed by atoms with Crippen LogP contribution < -0.4 is 10.1 Å². The van der Waals surface area contributed by atoms with Gasteiger partial charge in [0.2, 0.25) is 5.91 Å². The molecule has 7 nitrogen and oxygen atoms in total. The van der Waals surface area contributed by atoms with Crippen LogP contribution >= 0.6 is 0 Å². The van der Waals surface area contributed by atoms with Crippen LogP contribution in [0.15, 0.2) is 12.1 Å². The summed E-state index contributed by atoms with van der Waals surface area (Å²) in [6.07, 6.45) is -0.214. The highest BCUT2D eigenvalue weighted by Gasteiger charge is 2.31. The van der Waals surface area contributed by atoms with Crippen molar-refractivity contribution in [2.45, 2.75) is 25.9 Å². The number of hydrogen-bond donors (Lipinski definition) is 2. The van der Waals surface area contributed by atoms with Crippen LogP contribution in [0.5, 0.6) is 5.75 Å². The predicted molar refractivity (Wildman–Crippen MR) is 75.0 cm³/mol. The molecule has 1 aromatic heterocycles.